The van der Waals surface area contributed by atoms with E-state index >= 15 is 0 Å². The van der Waals surface area contributed by atoms with Crippen LogP contribution in [0, 0.1) is 5.82 Å². The number of amides is 1. The molecule has 0 bridgehead atoms. The van der Waals surface area contributed by atoms with Crippen molar-refractivity contribution in [2.24, 2.45) is 5.73 Å². The fourth-order valence-electron chi connectivity index (χ4n) is 2.21. The normalized spacial score (nSPS) is 15.8. The summed E-state index contributed by atoms with van der Waals surface area (Å²) >= 11 is 6.04. The highest BCUT2D eigenvalue weighted by atomic mass is 35.5. The van der Waals surface area contributed by atoms with Gasteiger partial charge in [-0.3, -0.25) is 4.79 Å². The highest BCUT2D eigenvalue weighted by Crippen LogP contribution is 2.31. The van der Waals surface area contributed by atoms with E-state index in [-0.39, 0.29) is 18.5 Å². The second-order valence-electron chi connectivity index (χ2n) is 5.29. The maximum atomic E-state index is 13.9. The topological polar surface area (TPSA) is 55.6 Å². The molecular weight excluding hydrogens is 295 g/mol. The van der Waals surface area contributed by atoms with Crippen LogP contribution in [-0.2, 0) is 16.1 Å². The summed E-state index contributed by atoms with van der Waals surface area (Å²) in [5.74, 6) is -0.569. The molecule has 1 aliphatic carbocycles. The molecule has 21 heavy (non-hydrogen) atoms. The number of nitrogens with zero attached hydrogens (tertiary/aromatic N) is 1. The number of nitrogens with two attached hydrogens (primary N) is 1. The van der Waals surface area contributed by atoms with Crippen molar-refractivity contribution < 1.29 is 13.9 Å². The summed E-state index contributed by atoms with van der Waals surface area (Å²) in [6.07, 6.45) is 2.30. The lowest BCUT2D eigenvalue weighted by Gasteiger charge is -2.26. The summed E-state index contributed by atoms with van der Waals surface area (Å²) in [6.45, 7) is 0.585. The van der Waals surface area contributed by atoms with E-state index in [2.05, 4.69) is 0 Å². The molecule has 6 heteroatoms. The summed E-state index contributed by atoms with van der Waals surface area (Å²) < 4.78 is 18.8. The van der Waals surface area contributed by atoms with Gasteiger partial charge in [0, 0.05) is 30.3 Å². The molecule has 1 amide bonds. The molecule has 0 radical (unpaired) electrons. The lowest BCUT2D eigenvalue weighted by Crippen LogP contribution is -2.45. The van der Waals surface area contributed by atoms with Gasteiger partial charge < -0.3 is 15.4 Å². The maximum absolute atomic E-state index is 13.9. The summed E-state index contributed by atoms with van der Waals surface area (Å²) in [4.78, 5) is 14.1. The van der Waals surface area contributed by atoms with Gasteiger partial charge >= 0.3 is 0 Å². The molecule has 2 N–H and O–H groups in total. The number of hydrogen-bond acceptors (Lipinski definition) is 3. The Hall–Kier alpha value is -1.17. The molecule has 0 aromatic heterocycles. The van der Waals surface area contributed by atoms with E-state index in [0.717, 1.165) is 12.8 Å². The van der Waals surface area contributed by atoms with Crippen LogP contribution in [-0.4, -0.2) is 36.6 Å². The van der Waals surface area contributed by atoms with E-state index in [4.69, 9.17) is 22.1 Å². The van der Waals surface area contributed by atoms with Gasteiger partial charge in [0.2, 0.25) is 5.91 Å². The third-order valence-electron chi connectivity index (χ3n) is 3.61. The van der Waals surface area contributed by atoms with Gasteiger partial charge in [-0.05, 0) is 31.4 Å². The molecule has 1 unspecified atom stereocenters. The molecule has 4 nitrogen and oxygen atoms in total. The Balaban J connectivity index is 2.11. The van der Waals surface area contributed by atoms with Crippen LogP contribution in [0.15, 0.2) is 18.2 Å². The van der Waals surface area contributed by atoms with E-state index in [0.29, 0.717) is 23.6 Å². The third kappa shape index (κ3) is 4.15. The first-order chi connectivity index (χ1) is 10.0. The maximum Gasteiger partial charge on any atom is 0.240 e. The van der Waals surface area contributed by atoms with E-state index in [1.54, 1.807) is 24.1 Å². The zero-order valence-electron chi connectivity index (χ0n) is 12.0. The number of rotatable bonds is 7. The predicted octanol–water partition coefficient (Wildman–Crippen LogP) is 2.33. The van der Waals surface area contributed by atoms with Gasteiger partial charge in [-0.2, -0.15) is 0 Å². The first-order valence-corrected chi connectivity index (χ1v) is 7.40. The molecular formula is C15H20ClFN2O2. The van der Waals surface area contributed by atoms with Gasteiger partial charge in [0.1, 0.15) is 5.82 Å². The van der Waals surface area contributed by atoms with Crippen molar-refractivity contribution >= 4 is 17.5 Å². The Kier molecular flexibility index (Phi) is 5.56. The van der Waals surface area contributed by atoms with Gasteiger partial charge in [-0.25, -0.2) is 4.39 Å². The SMILES string of the molecule is COCCC(N)C(=O)N(Cc1c(F)cccc1Cl)C1CC1. The first-order valence-electron chi connectivity index (χ1n) is 7.02. The van der Waals surface area contributed by atoms with Crippen molar-refractivity contribution in [3.05, 3.63) is 34.6 Å². The molecule has 0 aliphatic heterocycles. The highest BCUT2D eigenvalue weighted by molar-refractivity contribution is 6.31. The standard InChI is InChI=1S/C15H20ClFN2O2/c1-21-8-7-14(18)15(20)19(10-5-6-10)9-11-12(16)3-2-4-13(11)17/h2-4,10,14H,5-9,18H2,1H3. The first kappa shape index (κ1) is 16.2. The Morgan fingerprint density at radius 3 is 2.86 bits per heavy atom. The lowest BCUT2D eigenvalue weighted by atomic mass is 10.1. The predicted molar refractivity (Wildman–Crippen MR) is 79.5 cm³/mol. The zero-order chi connectivity index (χ0) is 15.4. The van der Waals surface area contributed by atoms with Crippen LogP contribution in [0.3, 0.4) is 0 Å². The van der Waals surface area contributed by atoms with Gasteiger partial charge in [0.05, 0.1) is 12.6 Å². The second-order valence-corrected chi connectivity index (χ2v) is 5.69. The van der Waals surface area contributed by atoms with Gasteiger partial charge in [0.25, 0.3) is 0 Å². The smallest absolute Gasteiger partial charge is 0.240 e. The summed E-state index contributed by atoms with van der Waals surface area (Å²) in [5, 5.41) is 0.332. The van der Waals surface area contributed by atoms with Crippen molar-refractivity contribution in [2.45, 2.75) is 37.9 Å². The van der Waals surface area contributed by atoms with E-state index in [1.165, 1.54) is 6.07 Å². The third-order valence-corrected chi connectivity index (χ3v) is 3.97. The Morgan fingerprint density at radius 1 is 1.57 bits per heavy atom. The molecule has 0 spiro atoms. The molecule has 0 heterocycles. The van der Waals surface area contributed by atoms with Gasteiger partial charge in [0.15, 0.2) is 0 Å². The Morgan fingerprint density at radius 2 is 2.29 bits per heavy atom. The summed E-state index contributed by atoms with van der Waals surface area (Å²) in [6, 6.07) is 4.04. The van der Waals surface area contributed by atoms with E-state index < -0.39 is 11.9 Å². The summed E-state index contributed by atoms with van der Waals surface area (Å²) in [5.41, 5.74) is 6.25. The van der Waals surface area contributed by atoms with Crippen LogP contribution < -0.4 is 5.73 Å². The molecule has 1 atom stereocenters. The lowest BCUT2D eigenvalue weighted by molar-refractivity contribution is -0.134. The molecule has 0 saturated heterocycles. The number of halogens is 2. The molecule has 1 aromatic rings. The minimum Gasteiger partial charge on any atom is -0.385 e. The fraction of sp³-hybridized carbons (Fsp3) is 0.533. The highest BCUT2D eigenvalue weighted by Gasteiger charge is 2.35. The minimum absolute atomic E-state index is 0.141. The molecule has 1 aliphatic rings. The fourth-order valence-corrected chi connectivity index (χ4v) is 2.43. The average molecular weight is 315 g/mol. The number of carbonyl (C=O) groups excluding carboxylic acids is 1. The van der Waals surface area contributed by atoms with Crippen molar-refractivity contribution in [3.8, 4) is 0 Å². The minimum atomic E-state index is -0.629. The quantitative estimate of drug-likeness (QED) is 0.840. The second kappa shape index (κ2) is 7.20. The molecule has 1 aromatic carbocycles. The van der Waals surface area contributed by atoms with Crippen LogP contribution in [0.2, 0.25) is 5.02 Å². The molecule has 116 valence electrons. The van der Waals surface area contributed by atoms with Crippen LogP contribution in [0.1, 0.15) is 24.8 Å². The Labute approximate surface area is 129 Å². The van der Waals surface area contributed by atoms with Gasteiger partial charge in [-0.1, -0.05) is 17.7 Å². The van der Waals surface area contributed by atoms with E-state index in [9.17, 15) is 9.18 Å². The van der Waals surface area contributed by atoms with Crippen molar-refractivity contribution in [3.63, 3.8) is 0 Å². The number of benzene rings is 1. The largest absolute Gasteiger partial charge is 0.385 e. The van der Waals surface area contributed by atoms with Crippen LogP contribution >= 0.6 is 11.6 Å². The molecule has 1 saturated carbocycles. The van der Waals surface area contributed by atoms with Crippen LogP contribution in [0.25, 0.3) is 0 Å². The number of hydrogen-bond donors (Lipinski definition) is 1. The van der Waals surface area contributed by atoms with Crippen molar-refractivity contribution in [1.29, 1.82) is 0 Å². The van der Waals surface area contributed by atoms with Crippen LogP contribution in [0.4, 0.5) is 4.39 Å². The average Bonchev–Trinajstić information content (AvgIpc) is 3.28. The van der Waals surface area contributed by atoms with E-state index in [1.807, 2.05) is 0 Å². The number of carbonyl (C=O) groups is 1. The molecule has 2 rings (SSSR count). The summed E-state index contributed by atoms with van der Waals surface area (Å²) in [7, 11) is 1.56. The number of ether oxygens (including phenoxy) is 1. The van der Waals surface area contributed by atoms with Crippen molar-refractivity contribution in [2.75, 3.05) is 13.7 Å². The Bertz CT molecular complexity index is 488. The monoisotopic (exact) mass is 314 g/mol. The van der Waals surface area contributed by atoms with Crippen LogP contribution in [0.5, 0.6) is 0 Å². The van der Waals surface area contributed by atoms with Crippen molar-refractivity contribution in [1.82, 2.24) is 4.90 Å². The zero-order valence-corrected chi connectivity index (χ0v) is 12.8. The number of methoxy groups -OCH3 is 1. The van der Waals surface area contributed by atoms with Gasteiger partial charge in [-0.15, -0.1) is 0 Å². The molecule has 1 fully saturated rings.